The summed E-state index contributed by atoms with van der Waals surface area (Å²) in [7, 11) is 0. The van der Waals surface area contributed by atoms with E-state index in [1.807, 2.05) is 43.3 Å². The maximum absolute atomic E-state index is 12.1. The monoisotopic (exact) mass is 482 g/mol. The van der Waals surface area contributed by atoms with Gasteiger partial charge in [0.05, 0.1) is 11.4 Å². The molecule has 4 aromatic rings. The summed E-state index contributed by atoms with van der Waals surface area (Å²) in [5.74, 6) is -1.75. The lowest BCUT2D eigenvalue weighted by Crippen LogP contribution is -2.43. The van der Waals surface area contributed by atoms with E-state index in [4.69, 9.17) is 4.98 Å². The molecule has 0 atom stereocenters. The molecule has 0 spiro atoms. The molecule has 0 amide bonds. The third-order valence-electron chi connectivity index (χ3n) is 6.68. The molecule has 1 aromatic heterocycles. The number of aromatic nitrogens is 2. The molecule has 0 saturated carbocycles. The molecule has 4 rings (SSSR count). The molecule has 36 heavy (non-hydrogen) atoms. The number of carbonyl (C=O) groups is 2. The van der Waals surface area contributed by atoms with Crippen molar-refractivity contribution in [2.75, 3.05) is 0 Å². The molecule has 184 valence electrons. The first-order valence-corrected chi connectivity index (χ1v) is 12.2. The molecule has 2 N–H and O–H groups in total. The number of unbranched alkanes of at least 4 members (excludes halogenated alkanes) is 2. The number of benzene rings is 3. The molecule has 0 aliphatic heterocycles. The van der Waals surface area contributed by atoms with Crippen LogP contribution in [-0.2, 0) is 21.5 Å². The molecule has 0 bridgehead atoms. The van der Waals surface area contributed by atoms with Gasteiger partial charge in [-0.05, 0) is 25.3 Å². The Morgan fingerprint density at radius 2 is 1.28 bits per heavy atom. The predicted octanol–water partition coefficient (Wildman–Crippen LogP) is 6.19. The van der Waals surface area contributed by atoms with E-state index in [1.54, 1.807) is 30.3 Å². The fourth-order valence-corrected chi connectivity index (χ4v) is 4.78. The van der Waals surface area contributed by atoms with Crippen LogP contribution in [0.5, 0.6) is 0 Å². The molecule has 0 aliphatic carbocycles. The normalized spacial score (nSPS) is 11.4. The Morgan fingerprint density at radius 3 is 1.83 bits per heavy atom. The molecule has 6 nitrogen and oxygen atoms in total. The van der Waals surface area contributed by atoms with Crippen LogP contribution in [0.25, 0.3) is 22.5 Å². The second-order valence-corrected chi connectivity index (χ2v) is 8.93. The largest absolute Gasteiger partial charge is 0.480 e. The van der Waals surface area contributed by atoms with Crippen LogP contribution in [0.4, 0.5) is 0 Å². The van der Waals surface area contributed by atoms with Gasteiger partial charge in [0.1, 0.15) is 5.82 Å². The van der Waals surface area contributed by atoms with Gasteiger partial charge in [0.2, 0.25) is 0 Å². The lowest BCUT2D eigenvalue weighted by molar-refractivity contribution is -0.158. The number of rotatable bonds is 11. The first-order chi connectivity index (χ1) is 17.4. The van der Waals surface area contributed by atoms with Crippen molar-refractivity contribution in [2.45, 2.75) is 44.6 Å². The number of aliphatic carboxylic acids is 2. The highest BCUT2D eigenvalue weighted by atomic mass is 16.4. The van der Waals surface area contributed by atoms with Crippen molar-refractivity contribution in [2.24, 2.45) is 0 Å². The molecular weight excluding hydrogens is 452 g/mol. The molecule has 0 radical (unpaired) electrons. The fraction of sp³-hybridized carbons (Fsp3) is 0.233. The number of hydrogen-bond acceptors (Lipinski definition) is 3. The van der Waals surface area contributed by atoms with Crippen molar-refractivity contribution in [1.82, 2.24) is 9.55 Å². The quantitative estimate of drug-likeness (QED) is 0.196. The van der Waals surface area contributed by atoms with Crippen LogP contribution in [0.3, 0.4) is 0 Å². The van der Waals surface area contributed by atoms with Gasteiger partial charge in [-0.25, -0.2) is 4.98 Å². The highest BCUT2D eigenvalue weighted by molar-refractivity contribution is 6.04. The van der Waals surface area contributed by atoms with E-state index in [1.165, 1.54) is 0 Å². The first kappa shape index (κ1) is 24.9. The zero-order chi connectivity index (χ0) is 25.5. The Hall–Kier alpha value is -4.19. The van der Waals surface area contributed by atoms with E-state index in [-0.39, 0.29) is 6.42 Å². The molecule has 6 heteroatoms. The average Bonchev–Trinajstić information content (AvgIpc) is 3.23. The van der Waals surface area contributed by atoms with E-state index in [2.05, 4.69) is 28.8 Å². The molecule has 0 fully saturated rings. The zero-order valence-corrected chi connectivity index (χ0v) is 20.3. The summed E-state index contributed by atoms with van der Waals surface area (Å²) in [6.45, 7) is 2.70. The number of carboxylic acid groups (broad SMARTS) is 2. The topological polar surface area (TPSA) is 92.4 Å². The maximum atomic E-state index is 12.1. The Kier molecular flexibility index (Phi) is 7.64. The van der Waals surface area contributed by atoms with Gasteiger partial charge >= 0.3 is 11.9 Å². The van der Waals surface area contributed by atoms with Gasteiger partial charge < -0.3 is 14.8 Å². The Morgan fingerprint density at radius 1 is 0.750 bits per heavy atom. The van der Waals surface area contributed by atoms with Crippen molar-refractivity contribution in [3.8, 4) is 22.5 Å². The molecule has 0 aliphatic rings. The average molecular weight is 483 g/mol. The number of imidazole rings is 1. The van der Waals surface area contributed by atoms with Gasteiger partial charge in [-0.15, -0.1) is 0 Å². The van der Waals surface area contributed by atoms with Gasteiger partial charge in [-0.1, -0.05) is 104 Å². The molecule has 3 aromatic carbocycles. The van der Waals surface area contributed by atoms with E-state index >= 15 is 0 Å². The minimum Gasteiger partial charge on any atom is -0.480 e. The lowest BCUT2D eigenvalue weighted by atomic mass is 9.76. The van der Waals surface area contributed by atoms with Gasteiger partial charge in [-0.2, -0.15) is 0 Å². The maximum Gasteiger partial charge on any atom is 0.325 e. The SMILES string of the molecule is Cc1nc(-c2ccccc2)c(-c2ccccc2)n1CCCCCC(C(=O)O)(C(=O)O)c1ccccc1. The van der Waals surface area contributed by atoms with Crippen molar-refractivity contribution < 1.29 is 19.8 Å². The van der Waals surface area contributed by atoms with Crippen LogP contribution in [0.2, 0.25) is 0 Å². The first-order valence-electron chi connectivity index (χ1n) is 12.2. The van der Waals surface area contributed by atoms with Gasteiger partial charge in [0.15, 0.2) is 5.41 Å². The number of carboxylic acids is 2. The van der Waals surface area contributed by atoms with Crippen LogP contribution in [-0.4, -0.2) is 31.7 Å². The van der Waals surface area contributed by atoms with Crippen molar-refractivity contribution >= 4 is 11.9 Å². The Bertz CT molecular complexity index is 1300. The van der Waals surface area contributed by atoms with Crippen molar-refractivity contribution in [3.63, 3.8) is 0 Å². The van der Waals surface area contributed by atoms with E-state index in [9.17, 15) is 19.8 Å². The zero-order valence-electron chi connectivity index (χ0n) is 20.3. The third kappa shape index (κ3) is 4.93. The van der Waals surface area contributed by atoms with Crippen molar-refractivity contribution in [1.29, 1.82) is 0 Å². The second kappa shape index (κ2) is 11.0. The summed E-state index contributed by atoms with van der Waals surface area (Å²) in [6, 6.07) is 28.5. The van der Waals surface area contributed by atoms with E-state index in [0.717, 1.165) is 34.8 Å². The lowest BCUT2D eigenvalue weighted by Gasteiger charge is -2.25. The number of aryl methyl sites for hydroxylation is 1. The molecule has 1 heterocycles. The van der Waals surface area contributed by atoms with Crippen LogP contribution >= 0.6 is 0 Å². The summed E-state index contributed by atoms with van der Waals surface area (Å²) >= 11 is 0. The summed E-state index contributed by atoms with van der Waals surface area (Å²) in [4.78, 5) is 29.2. The number of hydrogen-bond donors (Lipinski definition) is 2. The summed E-state index contributed by atoms with van der Waals surface area (Å²) in [6.07, 6.45) is 1.98. The third-order valence-corrected chi connectivity index (χ3v) is 6.68. The fourth-order valence-electron chi connectivity index (χ4n) is 4.78. The number of nitrogens with zero attached hydrogens (tertiary/aromatic N) is 2. The molecule has 0 saturated heterocycles. The highest BCUT2D eigenvalue weighted by Gasteiger charge is 2.47. The van der Waals surface area contributed by atoms with Crippen molar-refractivity contribution in [3.05, 3.63) is 102 Å². The highest BCUT2D eigenvalue weighted by Crippen LogP contribution is 2.34. The Labute approximate surface area is 210 Å². The van der Waals surface area contributed by atoms with E-state index < -0.39 is 17.4 Å². The summed E-state index contributed by atoms with van der Waals surface area (Å²) in [5.41, 5.74) is 2.47. The predicted molar refractivity (Wildman–Crippen MR) is 140 cm³/mol. The van der Waals surface area contributed by atoms with Gasteiger partial charge in [0, 0.05) is 17.7 Å². The van der Waals surface area contributed by atoms with Crippen LogP contribution < -0.4 is 0 Å². The minimum absolute atomic E-state index is 0.0331. The van der Waals surface area contributed by atoms with Gasteiger partial charge in [-0.3, -0.25) is 9.59 Å². The molecule has 0 unspecified atom stereocenters. The van der Waals surface area contributed by atoms with Crippen LogP contribution in [0.1, 0.15) is 37.1 Å². The summed E-state index contributed by atoms with van der Waals surface area (Å²) < 4.78 is 2.20. The summed E-state index contributed by atoms with van der Waals surface area (Å²) in [5, 5.41) is 19.8. The van der Waals surface area contributed by atoms with Crippen LogP contribution in [0, 0.1) is 6.92 Å². The van der Waals surface area contributed by atoms with Crippen LogP contribution in [0.15, 0.2) is 91.0 Å². The van der Waals surface area contributed by atoms with Gasteiger partial charge in [0.25, 0.3) is 0 Å². The Balaban J connectivity index is 1.53. The minimum atomic E-state index is -1.94. The standard InChI is InChI=1S/C30H30N2O4/c1-22-31-26(23-14-6-2-7-15-23)27(24-16-8-3-9-17-24)32(22)21-13-5-12-20-30(28(33)34,29(35)36)25-18-10-4-11-19-25/h2-4,6-11,14-19H,5,12-13,20-21H2,1H3,(H,33,34)(H,35,36). The molecular formula is C30H30N2O4. The second-order valence-electron chi connectivity index (χ2n) is 8.93. The smallest absolute Gasteiger partial charge is 0.325 e. The van der Waals surface area contributed by atoms with E-state index in [0.29, 0.717) is 24.9 Å².